The number of nitrogens with zero attached hydrogens (tertiary/aromatic N) is 2. The van der Waals surface area contributed by atoms with E-state index in [4.69, 9.17) is 0 Å². The van der Waals surface area contributed by atoms with Crippen molar-refractivity contribution in [2.75, 3.05) is 5.32 Å². The lowest BCUT2D eigenvalue weighted by atomic mass is 10.1. The first-order chi connectivity index (χ1) is 11.1. The fourth-order valence-corrected chi connectivity index (χ4v) is 2.46. The molecule has 0 spiro atoms. The fraction of sp³-hybridized carbons (Fsp3) is 0.111. The zero-order valence-electron chi connectivity index (χ0n) is 12.7. The number of amides is 1. The van der Waals surface area contributed by atoms with Gasteiger partial charge in [0.05, 0.1) is 6.54 Å². The zero-order chi connectivity index (χ0) is 16.2. The van der Waals surface area contributed by atoms with Crippen molar-refractivity contribution in [3.05, 3.63) is 66.5 Å². The van der Waals surface area contributed by atoms with Gasteiger partial charge in [-0.25, -0.2) is 4.98 Å². The molecule has 0 aliphatic carbocycles. The van der Waals surface area contributed by atoms with Crippen LogP contribution in [0.3, 0.4) is 0 Å². The lowest BCUT2D eigenvalue weighted by Crippen LogP contribution is -2.06. The van der Waals surface area contributed by atoms with E-state index in [1.54, 1.807) is 18.3 Å². The molecule has 1 amide bonds. The number of phenols is 1. The molecule has 1 aromatic heterocycles. The van der Waals surface area contributed by atoms with Gasteiger partial charge in [-0.15, -0.1) is 0 Å². The zero-order valence-corrected chi connectivity index (χ0v) is 12.7. The van der Waals surface area contributed by atoms with Crippen molar-refractivity contribution in [3.8, 4) is 17.1 Å². The van der Waals surface area contributed by atoms with Gasteiger partial charge in [0.15, 0.2) is 0 Å². The Balaban J connectivity index is 1.92. The van der Waals surface area contributed by atoms with Crippen LogP contribution < -0.4 is 5.32 Å². The number of aromatic nitrogens is 2. The summed E-state index contributed by atoms with van der Waals surface area (Å²) in [6, 6.07) is 14.8. The van der Waals surface area contributed by atoms with Crippen LogP contribution in [0.5, 0.6) is 5.75 Å². The molecule has 3 rings (SSSR count). The second-order valence-corrected chi connectivity index (χ2v) is 5.27. The van der Waals surface area contributed by atoms with E-state index < -0.39 is 0 Å². The first kappa shape index (κ1) is 14.8. The number of nitrogens with one attached hydrogen (secondary N) is 1. The van der Waals surface area contributed by atoms with Crippen molar-refractivity contribution < 1.29 is 9.90 Å². The molecule has 0 aliphatic heterocycles. The maximum atomic E-state index is 11.2. The number of rotatable bonds is 4. The average Bonchev–Trinajstić information content (AvgIpc) is 2.97. The summed E-state index contributed by atoms with van der Waals surface area (Å²) in [6.07, 6.45) is 3.59. The molecule has 0 atom stereocenters. The molecule has 5 heteroatoms. The number of carbonyl (C=O) groups excluding carboxylic acids is 1. The van der Waals surface area contributed by atoms with Crippen molar-refractivity contribution in [2.24, 2.45) is 0 Å². The van der Waals surface area contributed by atoms with Gasteiger partial charge in [0.25, 0.3) is 0 Å². The summed E-state index contributed by atoms with van der Waals surface area (Å²) in [5, 5.41) is 12.7. The molecule has 0 saturated heterocycles. The average molecular weight is 307 g/mol. The molecule has 0 fully saturated rings. The molecule has 2 aromatic carbocycles. The standard InChI is InChI=1S/C18H17N3O2/c1-13(22)20-16-7-4-6-14(11-16)18-19-9-10-21(18)12-15-5-2-3-8-17(15)23/h2-11,23H,12H2,1H3,(H,20,22). The van der Waals surface area contributed by atoms with E-state index in [-0.39, 0.29) is 11.7 Å². The van der Waals surface area contributed by atoms with Crippen molar-refractivity contribution in [2.45, 2.75) is 13.5 Å². The lowest BCUT2D eigenvalue weighted by Gasteiger charge is -2.10. The Morgan fingerprint density at radius 1 is 1.22 bits per heavy atom. The Labute approximate surface area is 134 Å². The number of hydrogen-bond donors (Lipinski definition) is 2. The van der Waals surface area contributed by atoms with Gasteiger partial charge < -0.3 is 15.0 Å². The van der Waals surface area contributed by atoms with E-state index in [1.807, 2.05) is 47.2 Å². The van der Waals surface area contributed by atoms with Gasteiger partial charge in [0.1, 0.15) is 11.6 Å². The topological polar surface area (TPSA) is 67.2 Å². The first-order valence-corrected chi connectivity index (χ1v) is 7.29. The second-order valence-electron chi connectivity index (χ2n) is 5.27. The van der Waals surface area contributed by atoms with Gasteiger partial charge in [-0.1, -0.05) is 30.3 Å². The third kappa shape index (κ3) is 3.40. The van der Waals surface area contributed by atoms with Crippen molar-refractivity contribution in [3.63, 3.8) is 0 Å². The molecule has 0 bridgehead atoms. The summed E-state index contributed by atoms with van der Waals surface area (Å²) >= 11 is 0. The normalized spacial score (nSPS) is 10.5. The van der Waals surface area contributed by atoms with Crippen molar-refractivity contribution in [1.29, 1.82) is 0 Å². The first-order valence-electron chi connectivity index (χ1n) is 7.29. The van der Waals surface area contributed by atoms with E-state index in [2.05, 4.69) is 10.3 Å². The Bertz CT molecular complexity index is 840. The monoisotopic (exact) mass is 307 g/mol. The minimum Gasteiger partial charge on any atom is -0.508 e. The van der Waals surface area contributed by atoms with Gasteiger partial charge in [-0.05, 0) is 18.2 Å². The highest BCUT2D eigenvalue weighted by Gasteiger charge is 2.09. The van der Waals surface area contributed by atoms with E-state index in [0.717, 1.165) is 22.6 Å². The summed E-state index contributed by atoms with van der Waals surface area (Å²) < 4.78 is 1.96. The molecule has 0 radical (unpaired) electrons. The van der Waals surface area contributed by atoms with Gasteiger partial charge in [0, 0.05) is 36.1 Å². The molecule has 0 unspecified atom stereocenters. The number of hydrogen-bond acceptors (Lipinski definition) is 3. The molecule has 2 N–H and O–H groups in total. The Morgan fingerprint density at radius 3 is 2.83 bits per heavy atom. The Kier molecular flexibility index (Phi) is 4.10. The largest absolute Gasteiger partial charge is 0.508 e. The van der Waals surface area contributed by atoms with Crippen LogP contribution in [-0.4, -0.2) is 20.6 Å². The minimum absolute atomic E-state index is 0.111. The molecular formula is C18H17N3O2. The van der Waals surface area contributed by atoms with Crippen LogP contribution >= 0.6 is 0 Å². The summed E-state index contributed by atoms with van der Waals surface area (Å²) in [6.45, 7) is 2.00. The Hall–Kier alpha value is -3.08. The van der Waals surface area contributed by atoms with Gasteiger partial charge in [-0.2, -0.15) is 0 Å². The molecule has 3 aromatic rings. The third-order valence-corrected chi connectivity index (χ3v) is 3.49. The molecule has 116 valence electrons. The maximum Gasteiger partial charge on any atom is 0.221 e. The van der Waals surface area contributed by atoms with Crippen molar-refractivity contribution in [1.82, 2.24) is 9.55 Å². The molecule has 1 heterocycles. The number of benzene rings is 2. The van der Waals surface area contributed by atoms with Crippen LogP contribution in [0.25, 0.3) is 11.4 Å². The molecule has 5 nitrogen and oxygen atoms in total. The van der Waals surface area contributed by atoms with Crippen molar-refractivity contribution >= 4 is 11.6 Å². The predicted molar refractivity (Wildman–Crippen MR) is 89.2 cm³/mol. The lowest BCUT2D eigenvalue weighted by molar-refractivity contribution is -0.114. The number of imidazole rings is 1. The molecule has 0 aliphatic rings. The highest BCUT2D eigenvalue weighted by atomic mass is 16.3. The maximum absolute atomic E-state index is 11.2. The molecule has 0 saturated carbocycles. The SMILES string of the molecule is CC(=O)Nc1cccc(-c2nccn2Cc2ccccc2O)c1. The number of aromatic hydroxyl groups is 1. The Morgan fingerprint density at radius 2 is 2.04 bits per heavy atom. The predicted octanol–water partition coefficient (Wildman–Crippen LogP) is 3.26. The second kappa shape index (κ2) is 6.36. The summed E-state index contributed by atoms with van der Waals surface area (Å²) in [5.41, 5.74) is 2.45. The molecular weight excluding hydrogens is 290 g/mol. The summed E-state index contributed by atoms with van der Waals surface area (Å²) in [4.78, 5) is 15.6. The van der Waals surface area contributed by atoms with Crippen LogP contribution in [0.4, 0.5) is 5.69 Å². The highest BCUT2D eigenvalue weighted by molar-refractivity contribution is 5.89. The van der Waals surface area contributed by atoms with E-state index in [0.29, 0.717) is 6.54 Å². The van der Waals surface area contributed by atoms with Crippen LogP contribution in [0, 0.1) is 0 Å². The minimum atomic E-state index is -0.111. The van der Waals surface area contributed by atoms with Crippen LogP contribution in [0.1, 0.15) is 12.5 Å². The highest BCUT2D eigenvalue weighted by Crippen LogP contribution is 2.24. The van der Waals surface area contributed by atoms with Gasteiger partial charge >= 0.3 is 0 Å². The van der Waals surface area contributed by atoms with Crippen LogP contribution in [-0.2, 0) is 11.3 Å². The summed E-state index contributed by atoms with van der Waals surface area (Å²) in [7, 11) is 0. The molecule has 23 heavy (non-hydrogen) atoms. The third-order valence-electron chi connectivity index (χ3n) is 3.49. The number of phenolic OH excluding ortho intramolecular Hbond substituents is 1. The van der Waals surface area contributed by atoms with Gasteiger partial charge in [0.2, 0.25) is 5.91 Å². The van der Waals surface area contributed by atoms with Crippen LogP contribution in [0.15, 0.2) is 60.9 Å². The van der Waals surface area contributed by atoms with Gasteiger partial charge in [-0.3, -0.25) is 4.79 Å². The number of anilines is 1. The van der Waals surface area contributed by atoms with E-state index in [1.165, 1.54) is 6.92 Å². The van der Waals surface area contributed by atoms with Crippen LogP contribution in [0.2, 0.25) is 0 Å². The van der Waals surface area contributed by atoms with E-state index in [9.17, 15) is 9.90 Å². The summed E-state index contributed by atoms with van der Waals surface area (Å²) in [5.74, 6) is 0.930. The fourth-order valence-electron chi connectivity index (χ4n) is 2.46. The number of carbonyl (C=O) groups is 1. The van der Waals surface area contributed by atoms with E-state index >= 15 is 0 Å². The quantitative estimate of drug-likeness (QED) is 0.777. The number of para-hydroxylation sites is 1. The smallest absolute Gasteiger partial charge is 0.221 e.